The molecule has 106 valence electrons. The highest BCUT2D eigenvalue weighted by atomic mass is 35.5. The van der Waals surface area contributed by atoms with Crippen molar-refractivity contribution in [2.24, 2.45) is 0 Å². The Morgan fingerprint density at radius 2 is 2.00 bits per heavy atom. The van der Waals surface area contributed by atoms with Crippen molar-refractivity contribution in [2.45, 2.75) is 6.92 Å². The van der Waals surface area contributed by atoms with Crippen LogP contribution in [0.1, 0.15) is 6.92 Å². The molecule has 0 spiro atoms. The Morgan fingerprint density at radius 3 is 2.53 bits per heavy atom. The van der Waals surface area contributed by atoms with Gasteiger partial charge in [-0.05, 0) is 25.1 Å². The maximum atomic E-state index is 11.8. The molecule has 0 heterocycles. The fourth-order valence-corrected chi connectivity index (χ4v) is 2.67. The van der Waals surface area contributed by atoms with Gasteiger partial charge in [0.2, 0.25) is 10.0 Å². The van der Waals surface area contributed by atoms with Crippen LogP contribution < -0.4 is 4.31 Å². The molecule has 5 nitrogen and oxygen atoms in total. The van der Waals surface area contributed by atoms with E-state index in [2.05, 4.69) is 0 Å². The van der Waals surface area contributed by atoms with Crippen molar-refractivity contribution in [1.82, 2.24) is 0 Å². The number of ether oxygens (including phenoxy) is 1. The van der Waals surface area contributed by atoms with Crippen LogP contribution >= 0.6 is 23.2 Å². The summed E-state index contributed by atoms with van der Waals surface area (Å²) in [6.45, 7) is 1.35. The average molecular weight is 326 g/mol. The van der Waals surface area contributed by atoms with Crippen LogP contribution in [-0.4, -0.2) is 33.8 Å². The van der Waals surface area contributed by atoms with Gasteiger partial charge in [-0.2, -0.15) is 0 Å². The van der Waals surface area contributed by atoms with E-state index < -0.39 is 22.5 Å². The lowest BCUT2D eigenvalue weighted by atomic mass is 10.3. The average Bonchev–Trinajstić information content (AvgIpc) is 2.28. The number of halogens is 2. The Labute approximate surface area is 122 Å². The number of carbonyl (C=O) groups excluding carboxylic acids is 1. The molecule has 0 aliphatic carbocycles. The number of anilines is 1. The molecule has 1 aromatic carbocycles. The molecule has 8 heteroatoms. The van der Waals surface area contributed by atoms with Crippen LogP contribution in [0, 0.1) is 0 Å². The molecule has 1 rings (SSSR count). The second-order valence-electron chi connectivity index (χ2n) is 3.67. The molecule has 0 amide bonds. The zero-order valence-corrected chi connectivity index (χ0v) is 12.7. The van der Waals surface area contributed by atoms with Crippen molar-refractivity contribution in [1.29, 1.82) is 0 Å². The summed E-state index contributed by atoms with van der Waals surface area (Å²) in [6, 6.07) is 4.37. The third-order valence-corrected chi connectivity index (χ3v) is 3.84. The predicted molar refractivity (Wildman–Crippen MR) is 75.3 cm³/mol. The quantitative estimate of drug-likeness (QED) is 0.779. The number of sulfonamides is 1. The molecule has 0 saturated carbocycles. The van der Waals surface area contributed by atoms with Gasteiger partial charge in [0.1, 0.15) is 6.54 Å². The summed E-state index contributed by atoms with van der Waals surface area (Å²) < 4.78 is 29.1. The zero-order valence-electron chi connectivity index (χ0n) is 10.4. The standard InChI is InChI=1S/C11H13Cl2NO4S/c1-3-18-11(15)7-14(19(2,16)17)10-6-8(12)4-5-9(10)13/h4-6H,3,7H2,1-2H3. The molecular formula is C11H13Cl2NO4S. The van der Waals surface area contributed by atoms with Crippen LogP contribution in [-0.2, 0) is 19.6 Å². The summed E-state index contributed by atoms with van der Waals surface area (Å²) in [7, 11) is -3.68. The minimum atomic E-state index is -3.68. The van der Waals surface area contributed by atoms with E-state index in [1.54, 1.807) is 6.92 Å². The van der Waals surface area contributed by atoms with Crippen molar-refractivity contribution < 1.29 is 17.9 Å². The molecule has 0 bridgehead atoms. The summed E-state index contributed by atoms with van der Waals surface area (Å²) in [5, 5.41) is 0.496. The maximum Gasteiger partial charge on any atom is 0.326 e. The highest BCUT2D eigenvalue weighted by Crippen LogP contribution is 2.30. The Balaban J connectivity index is 3.18. The lowest BCUT2D eigenvalue weighted by Gasteiger charge is -2.22. The second-order valence-corrected chi connectivity index (χ2v) is 6.42. The summed E-state index contributed by atoms with van der Waals surface area (Å²) in [6.07, 6.45) is 0.976. The Hall–Kier alpha value is -0.980. The highest BCUT2D eigenvalue weighted by Gasteiger charge is 2.23. The summed E-state index contributed by atoms with van der Waals surface area (Å²) in [5.74, 6) is -0.663. The minimum Gasteiger partial charge on any atom is -0.465 e. The SMILES string of the molecule is CCOC(=O)CN(c1cc(Cl)ccc1Cl)S(C)(=O)=O. The van der Waals surface area contributed by atoms with Crippen molar-refractivity contribution in [2.75, 3.05) is 23.7 Å². The normalized spacial score (nSPS) is 11.2. The van der Waals surface area contributed by atoms with Crippen LogP contribution in [0.4, 0.5) is 5.69 Å². The Kier molecular flexibility index (Phi) is 5.46. The van der Waals surface area contributed by atoms with E-state index in [4.69, 9.17) is 27.9 Å². The number of esters is 1. The molecule has 0 aliphatic rings. The van der Waals surface area contributed by atoms with Crippen LogP contribution in [0.2, 0.25) is 10.0 Å². The molecule has 0 fully saturated rings. The molecule has 0 aliphatic heterocycles. The van der Waals surface area contributed by atoms with E-state index in [9.17, 15) is 13.2 Å². The van der Waals surface area contributed by atoms with Gasteiger partial charge < -0.3 is 4.74 Å². The van der Waals surface area contributed by atoms with Crippen molar-refractivity contribution >= 4 is 44.9 Å². The van der Waals surface area contributed by atoms with Crippen LogP contribution in [0.25, 0.3) is 0 Å². The van der Waals surface area contributed by atoms with Gasteiger partial charge in [-0.3, -0.25) is 9.10 Å². The van der Waals surface area contributed by atoms with E-state index in [1.165, 1.54) is 18.2 Å². The summed E-state index contributed by atoms with van der Waals surface area (Å²) in [5.41, 5.74) is 0.143. The Morgan fingerprint density at radius 1 is 1.37 bits per heavy atom. The van der Waals surface area contributed by atoms with Crippen LogP contribution in [0.15, 0.2) is 18.2 Å². The number of rotatable bonds is 5. The Bertz CT molecular complexity index is 574. The molecule has 0 saturated heterocycles. The van der Waals surface area contributed by atoms with Gasteiger partial charge in [0.05, 0.1) is 23.6 Å². The summed E-state index contributed by atoms with van der Waals surface area (Å²) in [4.78, 5) is 11.5. The van der Waals surface area contributed by atoms with Gasteiger partial charge in [0, 0.05) is 5.02 Å². The molecule has 0 radical (unpaired) electrons. The first-order chi connectivity index (χ1) is 8.75. The fraction of sp³-hybridized carbons (Fsp3) is 0.364. The third kappa shape index (κ3) is 4.56. The molecule has 1 aromatic rings. The fourth-order valence-electron chi connectivity index (χ4n) is 1.38. The zero-order chi connectivity index (χ0) is 14.6. The molecule has 0 atom stereocenters. The maximum absolute atomic E-state index is 11.8. The van der Waals surface area contributed by atoms with Crippen molar-refractivity contribution in [3.63, 3.8) is 0 Å². The third-order valence-electron chi connectivity index (χ3n) is 2.16. The van der Waals surface area contributed by atoms with Crippen LogP contribution in [0.3, 0.4) is 0 Å². The molecular weight excluding hydrogens is 313 g/mol. The molecule has 0 unspecified atom stereocenters. The number of hydrogen-bond acceptors (Lipinski definition) is 4. The first-order valence-electron chi connectivity index (χ1n) is 5.34. The van der Waals surface area contributed by atoms with Gasteiger partial charge in [-0.1, -0.05) is 23.2 Å². The molecule has 0 aromatic heterocycles. The predicted octanol–water partition coefficient (Wildman–Crippen LogP) is 2.32. The lowest BCUT2D eigenvalue weighted by molar-refractivity contribution is -0.141. The van der Waals surface area contributed by atoms with E-state index in [-0.39, 0.29) is 17.3 Å². The minimum absolute atomic E-state index is 0.143. The highest BCUT2D eigenvalue weighted by molar-refractivity contribution is 7.92. The van der Waals surface area contributed by atoms with Gasteiger partial charge in [-0.25, -0.2) is 8.42 Å². The first-order valence-corrected chi connectivity index (χ1v) is 7.94. The smallest absolute Gasteiger partial charge is 0.326 e. The van der Waals surface area contributed by atoms with Gasteiger partial charge in [0.15, 0.2) is 0 Å². The van der Waals surface area contributed by atoms with Crippen molar-refractivity contribution in [3.8, 4) is 0 Å². The van der Waals surface area contributed by atoms with Gasteiger partial charge >= 0.3 is 5.97 Å². The lowest BCUT2D eigenvalue weighted by Crippen LogP contribution is -2.36. The van der Waals surface area contributed by atoms with E-state index in [0.717, 1.165) is 10.6 Å². The number of benzene rings is 1. The van der Waals surface area contributed by atoms with E-state index >= 15 is 0 Å². The topological polar surface area (TPSA) is 63.7 Å². The number of nitrogens with zero attached hydrogens (tertiary/aromatic N) is 1. The monoisotopic (exact) mass is 325 g/mol. The first kappa shape index (κ1) is 16.1. The van der Waals surface area contributed by atoms with Crippen LogP contribution in [0.5, 0.6) is 0 Å². The van der Waals surface area contributed by atoms with E-state index in [0.29, 0.717) is 5.02 Å². The number of hydrogen-bond donors (Lipinski definition) is 0. The van der Waals surface area contributed by atoms with E-state index in [1.807, 2.05) is 0 Å². The second kappa shape index (κ2) is 6.45. The van der Waals surface area contributed by atoms with Gasteiger partial charge in [-0.15, -0.1) is 0 Å². The largest absolute Gasteiger partial charge is 0.465 e. The summed E-state index contributed by atoms with van der Waals surface area (Å²) >= 11 is 11.8. The van der Waals surface area contributed by atoms with Crippen molar-refractivity contribution in [3.05, 3.63) is 28.2 Å². The van der Waals surface area contributed by atoms with Gasteiger partial charge in [0.25, 0.3) is 0 Å². The number of carbonyl (C=O) groups is 1. The molecule has 19 heavy (non-hydrogen) atoms. The molecule has 0 N–H and O–H groups in total.